The van der Waals surface area contributed by atoms with E-state index in [0.717, 1.165) is 12.5 Å². The fraction of sp³-hybridized carbons (Fsp3) is 0.667. The number of hydrogen-bond donors (Lipinski definition) is 1. The Hall–Kier alpha value is -0.0600. The van der Waals surface area contributed by atoms with Crippen LogP contribution in [0, 0.1) is 5.92 Å². The Morgan fingerprint density at radius 2 is 2.33 bits per heavy atom. The van der Waals surface area contributed by atoms with Gasteiger partial charge in [-0.25, -0.2) is 0 Å². The molecule has 2 nitrogen and oxygen atoms in total. The van der Waals surface area contributed by atoms with E-state index in [1.165, 1.54) is 19.3 Å². The third kappa shape index (κ3) is 4.09. The van der Waals surface area contributed by atoms with Crippen molar-refractivity contribution in [2.24, 2.45) is 5.92 Å². The lowest BCUT2D eigenvalue weighted by atomic mass is 9.86. The monoisotopic (exact) mass is 279 g/mol. The van der Waals surface area contributed by atoms with Crippen LogP contribution in [-0.4, -0.2) is 10.3 Å². The largest absolute Gasteiger partial charge is 0.391 e. The van der Waals surface area contributed by atoms with Gasteiger partial charge in [0.15, 0.2) is 3.79 Å². The van der Waals surface area contributed by atoms with Crippen LogP contribution in [0.4, 0.5) is 0 Å². The second-order valence-corrected chi connectivity index (χ2v) is 4.31. The van der Waals surface area contributed by atoms with E-state index in [9.17, 15) is 4.79 Å². The van der Waals surface area contributed by atoms with E-state index >= 15 is 0 Å². The van der Waals surface area contributed by atoms with Gasteiger partial charge in [0.2, 0.25) is 0 Å². The van der Waals surface area contributed by atoms with Gasteiger partial charge < -0.3 is 5.32 Å². The molecule has 0 spiro atoms. The molecule has 0 atom stereocenters. The van der Waals surface area contributed by atoms with E-state index in [1.54, 1.807) is 0 Å². The van der Waals surface area contributed by atoms with Crippen LogP contribution in [0.25, 0.3) is 0 Å². The summed E-state index contributed by atoms with van der Waals surface area (Å²) in [6, 6.07) is 0. The zero-order chi connectivity index (χ0) is 8.81. The van der Waals surface area contributed by atoms with Gasteiger partial charge in [-0.15, -0.1) is 0 Å². The Morgan fingerprint density at radius 3 is 2.83 bits per heavy atom. The van der Waals surface area contributed by atoms with Crippen molar-refractivity contribution >= 4 is 26.4 Å². The van der Waals surface area contributed by atoms with Crippen LogP contribution in [0.15, 0.2) is 12.3 Å². The predicted octanol–water partition coefficient (Wildman–Crippen LogP) is 2.24. The fourth-order valence-electron chi connectivity index (χ4n) is 1.09. The fourth-order valence-corrected chi connectivity index (χ4v) is 1.36. The second kappa shape index (κ2) is 5.56. The highest BCUT2D eigenvalue weighted by molar-refractivity contribution is 14.1. The number of nitrogens with one attached hydrogen (secondary N) is 1. The smallest absolute Gasteiger partial charge is 0.194 e. The van der Waals surface area contributed by atoms with Crippen molar-refractivity contribution < 1.29 is 4.79 Å². The lowest BCUT2D eigenvalue weighted by Crippen LogP contribution is -2.12. The summed E-state index contributed by atoms with van der Waals surface area (Å²) < 4.78 is 0.220. The summed E-state index contributed by atoms with van der Waals surface area (Å²) in [5.74, 6) is 0.799. The summed E-state index contributed by atoms with van der Waals surface area (Å²) in [6.45, 7) is 0.769. The first kappa shape index (κ1) is 10.0. The molecule has 12 heavy (non-hydrogen) atoms. The molecule has 1 aliphatic rings. The molecule has 0 unspecified atom stereocenters. The van der Waals surface area contributed by atoms with Gasteiger partial charge in [0.1, 0.15) is 0 Å². The van der Waals surface area contributed by atoms with E-state index in [0.29, 0.717) is 6.42 Å². The van der Waals surface area contributed by atoms with E-state index in [1.807, 2.05) is 28.8 Å². The Kier molecular flexibility index (Phi) is 4.65. The van der Waals surface area contributed by atoms with Crippen LogP contribution in [0.3, 0.4) is 0 Å². The van der Waals surface area contributed by atoms with Gasteiger partial charge >= 0.3 is 0 Å². The minimum Gasteiger partial charge on any atom is -0.391 e. The molecule has 1 rings (SSSR count). The zero-order valence-electron chi connectivity index (χ0n) is 7.05. The van der Waals surface area contributed by atoms with E-state index in [4.69, 9.17) is 0 Å². The molecule has 0 aromatic carbocycles. The summed E-state index contributed by atoms with van der Waals surface area (Å²) in [4.78, 5) is 10.5. The standard InChI is InChI=1S/C9H14INO/c10-9(12)5-7-11-6-4-8-2-1-3-8/h4,6,8,11H,1-3,5,7H2/b6-4+. The lowest BCUT2D eigenvalue weighted by Gasteiger charge is -2.21. The summed E-state index contributed by atoms with van der Waals surface area (Å²) >= 11 is 1.82. The van der Waals surface area contributed by atoms with Gasteiger partial charge in [-0.1, -0.05) is 12.5 Å². The first-order chi connectivity index (χ1) is 5.79. The van der Waals surface area contributed by atoms with Gasteiger partial charge in [-0.2, -0.15) is 0 Å². The average molecular weight is 279 g/mol. The summed E-state index contributed by atoms with van der Waals surface area (Å²) in [7, 11) is 0. The molecule has 1 fully saturated rings. The Labute approximate surface area is 86.9 Å². The third-order valence-electron chi connectivity index (χ3n) is 2.10. The molecule has 1 aliphatic carbocycles. The van der Waals surface area contributed by atoms with Crippen LogP contribution in [0.5, 0.6) is 0 Å². The molecular formula is C9H14INO. The van der Waals surface area contributed by atoms with Crippen LogP contribution in [-0.2, 0) is 4.79 Å². The summed E-state index contributed by atoms with van der Waals surface area (Å²) in [5, 5.41) is 3.11. The van der Waals surface area contributed by atoms with Crippen molar-refractivity contribution in [3.63, 3.8) is 0 Å². The first-order valence-corrected chi connectivity index (χ1v) is 5.45. The lowest BCUT2D eigenvalue weighted by molar-refractivity contribution is -0.109. The first-order valence-electron chi connectivity index (χ1n) is 4.37. The van der Waals surface area contributed by atoms with Crippen LogP contribution in [0.2, 0.25) is 0 Å². The molecule has 0 aromatic rings. The van der Waals surface area contributed by atoms with E-state index < -0.39 is 0 Å². The van der Waals surface area contributed by atoms with Gasteiger partial charge in [0.25, 0.3) is 0 Å². The van der Waals surface area contributed by atoms with Crippen molar-refractivity contribution in [1.29, 1.82) is 0 Å². The minimum absolute atomic E-state index is 0.220. The quantitative estimate of drug-likeness (QED) is 0.475. The van der Waals surface area contributed by atoms with Crippen molar-refractivity contribution in [3.8, 4) is 0 Å². The van der Waals surface area contributed by atoms with Gasteiger partial charge in [-0.05, 0) is 47.6 Å². The molecule has 3 heteroatoms. The third-order valence-corrected chi connectivity index (χ3v) is 2.64. The average Bonchev–Trinajstić information content (AvgIpc) is 1.92. The molecule has 1 saturated carbocycles. The van der Waals surface area contributed by atoms with Gasteiger partial charge in [0, 0.05) is 13.0 Å². The van der Waals surface area contributed by atoms with Crippen molar-refractivity contribution in [1.82, 2.24) is 5.32 Å². The highest BCUT2D eigenvalue weighted by Gasteiger charge is 2.12. The minimum atomic E-state index is 0.220. The van der Waals surface area contributed by atoms with Crippen LogP contribution >= 0.6 is 22.6 Å². The van der Waals surface area contributed by atoms with Gasteiger partial charge in [-0.3, -0.25) is 4.79 Å². The number of allylic oxidation sites excluding steroid dienone is 1. The normalized spacial score (nSPS) is 17.8. The topological polar surface area (TPSA) is 29.1 Å². The summed E-state index contributed by atoms with van der Waals surface area (Å²) in [5.41, 5.74) is 0. The molecule has 0 aliphatic heterocycles. The highest BCUT2D eigenvalue weighted by Crippen LogP contribution is 2.26. The maximum Gasteiger partial charge on any atom is 0.194 e. The van der Waals surface area contributed by atoms with Gasteiger partial charge in [0.05, 0.1) is 0 Å². The molecule has 0 amide bonds. The SMILES string of the molecule is O=C(I)CCN/C=C/C1CCC1. The molecular weight excluding hydrogens is 265 g/mol. The van der Waals surface area contributed by atoms with Crippen LogP contribution in [0.1, 0.15) is 25.7 Å². The molecule has 0 saturated heterocycles. The zero-order valence-corrected chi connectivity index (χ0v) is 9.21. The Morgan fingerprint density at radius 1 is 1.58 bits per heavy atom. The van der Waals surface area contributed by atoms with E-state index in [2.05, 4.69) is 11.4 Å². The molecule has 0 bridgehead atoms. The number of rotatable bonds is 5. The van der Waals surface area contributed by atoms with Crippen molar-refractivity contribution in [2.45, 2.75) is 25.7 Å². The number of halogens is 1. The summed E-state index contributed by atoms with van der Waals surface area (Å²) in [6.07, 6.45) is 8.87. The maximum atomic E-state index is 10.5. The highest BCUT2D eigenvalue weighted by atomic mass is 127. The molecule has 0 aromatic heterocycles. The van der Waals surface area contributed by atoms with E-state index in [-0.39, 0.29) is 3.79 Å². The molecule has 1 N–H and O–H groups in total. The number of carbonyl (C=O) groups excluding carboxylic acids is 1. The molecule has 0 radical (unpaired) electrons. The second-order valence-electron chi connectivity index (χ2n) is 3.11. The Bertz CT molecular complexity index is 175. The molecule has 0 heterocycles. The number of carbonyl (C=O) groups is 1. The van der Waals surface area contributed by atoms with Crippen molar-refractivity contribution in [2.75, 3.05) is 6.54 Å². The predicted molar refractivity (Wildman–Crippen MR) is 58.1 cm³/mol. The number of hydrogen-bond acceptors (Lipinski definition) is 2. The van der Waals surface area contributed by atoms with Crippen LogP contribution < -0.4 is 5.32 Å². The Balaban J connectivity index is 1.93. The van der Waals surface area contributed by atoms with Crippen molar-refractivity contribution in [3.05, 3.63) is 12.3 Å². The maximum absolute atomic E-state index is 10.5. The molecule has 68 valence electrons.